The van der Waals surface area contributed by atoms with E-state index in [1.54, 1.807) is 26.0 Å². The molecule has 27 heavy (non-hydrogen) atoms. The number of anilines is 1. The standard InChI is InChI=1S/C21H24N2O4/c1-4-26-20(24)22-23(21(25)27-5-2)19-14-8-6-7-11-16(3)15-17-12-9-10-13-18(17)19/h6-15H,4-5H2,1-3H3,(H,22,24). The lowest BCUT2D eigenvalue weighted by molar-refractivity contribution is 0.139. The zero-order valence-corrected chi connectivity index (χ0v) is 15.8. The number of carbonyl (C=O) groups excluding carboxylic acids is 2. The average molecular weight is 368 g/mol. The van der Waals surface area contributed by atoms with Crippen molar-refractivity contribution in [1.29, 1.82) is 0 Å². The molecule has 0 radical (unpaired) electrons. The highest BCUT2D eigenvalue weighted by atomic mass is 16.6. The number of benzene rings is 1. The van der Waals surface area contributed by atoms with Crippen LogP contribution in [0.3, 0.4) is 0 Å². The second-order valence-electron chi connectivity index (χ2n) is 5.64. The van der Waals surface area contributed by atoms with Gasteiger partial charge in [0.15, 0.2) is 0 Å². The maximum absolute atomic E-state index is 12.5. The van der Waals surface area contributed by atoms with Gasteiger partial charge >= 0.3 is 12.2 Å². The third-order valence-electron chi connectivity index (χ3n) is 3.63. The Morgan fingerprint density at radius 1 is 0.926 bits per heavy atom. The first-order valence-electron chi connectivity index (χ1n) is 8.79. The Morgan fingerprint density at radius 2 is 1.59 bits per heavy atom. The molecule has 0 aliphatic carbocycles. The highest BCUT2D eigenvalue weighted by Crippen LogP contribution is 2.24. The smallest absolute Gasteiger partial charge is 0.433 e. The maximum Gasteiger partial charge on any atom is 0.433 e. The molecule has 0 saturated carbocycles. The van der Waals surface area contributed by atoms with Crippen molar-refractivity contribution >= 4 is 28.6 Å². The van der Waals surface area contributed by atoms with E-state index < -0.39 is 12.2 Å². The number of nitrogens with one attached hydrogen (secondary N) is 1. The Morgan fingerprint density at radius 3 is 2.33 bits per heavy atom. The number of ether oxygens (including phenoxy) is 2. The van der Waals surface area contributed by atoms with E-state index in [0.717, 1.165) is 21.3 Å². The fraction of sp³-hybridized carbons (Fsp3) is 0.238. The number of carbonyl (C=O) groups is 2. The van der Waals surface area contributed by atoms with E-state index in [4.69, 9.17) is 9.47 Å². The molecule has 0 heterocycles. The van der Waals surface area contributed by atoms with Gasteiger partial charge in [-0.25, -0.2) is 15.0 Å². The molecular weight excluding hydrogens is 344 g/mol. The van der Waals surface area contributed by atoms with Crippen LogP contribution in [0.1, 0.15) is 19.4 Å². The molecule has 0 saturated heterocycles. The predicted molar refractivity (Wildman–Crippen MR) is 106 cm³/mol. The molecule has 0 aliphatic rings. The normalized spacial score (nSPS) is 9.89. The fourth-order valence-corrected chi connectivity index (χ4v) is 2.50. The number of nitrogens with zero attached hydrogens (tertiary/aromatic N) is 1. The zero-order valence-electron chi connectivity index (χ0n) is 15.8. The van der Waals surface area contributed by atoms with Gasteiger partial charge in [-0.3, -0.25) is 0 Å². The summed E-state index contributed by atoms with van der Waals surface area (Å²) in [5, 5.41) is 2.74. The van der Waals surface area contributed by atoms with Crippen LogP contribution in [0.5, 0.6) is 0 Å². The summed E-state index contributed by atoms with van der Waals surface area (Å²) in [5.41, 5.74) is 3.98. The highest BCUT2D eigenvalue weighted by Gasteiger charge is 2.21. The van der Waals surface area contributed by atoms with E-state index in [1.807, 2.05) is 55.5 Å². The first-order chi connectivity index (χ1) is 13.1. The van der Waals surface area contributed by atoms with E-state index in [9.17, 15) is 9.59 Å². The van der Waals surface area contributed by atoms with E-state index in [1.165, 1.54) is 0 Å². The van der Waals surface area contributed by atoms with Crippen molar-refractivity contribution in [3.8, 4) is 0 Å². The Hall–Kier alpha value is -3.28. The highest BCUT2D eigenvalue weighted by molar-refractivity contribution is 6.01. The topological polar surface area (TPSA) is 67.9 Å². The predicted octanol–water partition coefficient (Wildman–Crippen LogP) is 4.90. The van der Waals surface area contributed by atoms with Crippen LogP contribution in [0.2, 0.25) is 0 Å². The number of hydrogen-bond acceptors (Lipinski definition) is 4. The third-order valence-corrected chi connectivity index (χ3v) is 3.63. The van der Waals surface area contributed by atoms with Crippen LogP contribution < -0.4 is 10.4 Å². The third kappa shape index (κ3) is 5.60. The molecule has 0 atom stereocenters. The Bertz CT molecular complexity index is 866. The minimum atomic E-state index is -0.739. The molecule has 6 heteroatoms. The fourth-order valence-electron chi connectivity index (χ4n) is 2.50. The number of amides is 2. The summed E-state index contributed by atoms with van der Waals surface area (Å²) in [6.45, 7) is 5.74. The van der Waals surface area contributed by atoms with Crippen LogP contribution in [0.25, 0.3) is 10.8 Å². The van der Waals surface area contributed by atoms with E-state index >= 15 is 0 Å². The molecule has 2 aromatic rings. The van der Waals surface area contributed by atoms with Gasteiger partial charge in [0.1, 0.15) is 0 Å². The van der Waals surface area contributed by atoms with Gasteiger partial charge in [-0.1, -0.05) is 60.2 Å². The molecule has 142 valence electrons. The Labute approximate surface area is 159 Å². The number of aryl methyl sites for hydroxylation is 1. The Balaban J connectivity index is 2.72. The molecule has 0 bridgehead atoms. The van der Waals surface area contributed by atoms with Gasteiger partial charge < -0.3 is 9.47 Å². The second kappa shape index (κ2) is 10.0. The summed E-state index contributed by atoms with van der Waals surface area (Å²) in [5.74, 6) is 0. The summed E-state index contributed by atoms with van der Waals surface area (Å²) in [4.78, 5) is 24.5. The number of hydrazine groups is 1. The summed E-state index contributed by atoms with van der Waals surface area (Å²) >= 11 is 0. The lowest BCUT2D eigenvalue weighted by Gasteiger charge is -2.22. The summed E-state index contributed by atoms with van der Waals surface area (Å²) in [6.07, 6.45) is -1.44. The molecule has 2 rings (SSSR count). The molecular formula is C21H24N2O4. The number of rotatable bonds is 3. The van der Waals surface area contributed by atoms with Gasteiger partial charge in [-0.15, -0.1) is 0 Å². The van der Waals surface area contributed by atoms with Crippen LogP contribution in [0, 0.1) is 6.92 Å². The molecule has 0 spiro atoms. The summed E-state index contributed by atoms with van der Waals surface area (Å²) in [6, 6.07) is 18.9. The van der Waals surface area contributed by atoms with Gasteiger partial charge in [-0.05, 0) is 32.2 Å². The molecule has 1 N–H and O–H groups in total. The molecule has 2 aromatic carbocycles. The van der Waals surface area contributed by atoms with Crippen molar-refractivity contribution < 1.29 is 19.1 Å². The average Bonchev–Trinajstić information content (AvgIpc) is 2.64. The second-order valence-corrected chi connectivity index (χ2v) is 5.64. The van der Waals surface area contributed by atoms with E-state index in [-0.39, 0.29) is 13.2 Å². The van der Waals surface area contributed by atoms with Crippen molar-refractivity contribution in [3.63, 3.8) is 0 Å². The molecule has 0 aromatic heterocycles. The number of hydrogen-bond donors (Lipinski definition) is 1. The van der Waals surface area contributed by atoms with Crippen LogP contribution in [-0.4, -0.2) is 25.4 Å². The van der Waals surface area contributed by atoms with Crippen molar-refractivity contribution in [2.75, 3.05) is 18.2 Å². The summed E-state index contributed by atoms with van der Waals surface area (Å²) < 4.78 is 10.1. The van der Waals surface area contributed by atoms with Crippen LogP contribution >= 0.6 is 0 Å². The van der Waals surface area contributed by atoms with Crippen molar-refractivity contribution in [2.45, 2.75) is 20.8 Å². The monoisotopic (exact) mass is 368 g/mol. The summed E-state index contributed by atoms with van der Waals surface area (Å²) in [7, 11) is 0. The van der Waals surface area contributed by atoms with Gasteiger partial charge in [0.2, 0.25) is 0 Å². The van der Waals surface area contributed by atoms with Crippen LogP contribution in [0.15, 0.2) is 60.7 Å². The minimum Gasteiger partial charge on any atom is -0.449 e. The molecule has 0 aliphatic heterocycles. The quantitative estimate of drug-likeness (QED) is 0.783. The minimum absolute atomic E-state index is 0.173. The van der Waals surface area contributed by atoms with Crippen molar-refractivity contribution in [1.82, 2.24) is 5.43 Å². The lowest BCUT2D eigenvalue weighted by Crippen LogP contribution is -2.47. The maximum atomic E-state index is 12.5. The molecule has 0 fully saturated rings. The largest absolute Gasteiger partial charge is 0.449 e. The molecule has 6 nitrogen and oxygen atoms in total. The Kier molecular flexibility index (Phi) is 7.43. The van der Waals surface area contributed by atoms with Gasteiger partial charge in [-0.2, -0.15) is 5.01 Å². The van der Waals surface area contributed by atoms with Crippen LogP contribution in [-0.2, 0) is 9.47 Å². The molecule has 2 amide bonds. The molecule has 0 unspecified atom stereocenters. The van der Waals surface area contributed by atoms with E-state index in [2.05, 4.69) is 5.43 Å². The first-order valence-corrected chi connectivity index (χ1v) is 8.79. The first kappa shape index (κ1) is 20.0. The van der Waals surface area contributed by atoms with Gasteiger partial charge in [0.05, 0.1) is 18.9 Å². The number of fused-ring (bicyclic) bond motifs is 1. The lowest BCUT2D eigenvalue weighted by atomic mass is 10.1. The van der Waals surface area contributed by atoms with E-state index in [0.29, 0.717) is 5.69 Å². The van der Waals surface area contributed by atoms with Gasteiger partial charge in [0, 0.05) is 5.39 Å². The van der Waals surface area contributed by atoms with Gasteiger partial charge in [0.25, 0.3) is 0 Å². The van der Waals surface area contributed by atoms with Crippen molar-refractivity contribution in [3.05, 3.63) is 66.2 Å². The SMILES string of the molecule is CCOC(=O)NN(C(=O)OCC)c1cccccc(C)cc2ccccc12. The van der Waals surface area contributed by atoms with Crippen molar-refractivity contribution in [2.24, 2.45) is 0 Å². The van der Waals surface area contributed by atoms with Crippen LogP contribution in [0.4, 0.5) is 15.3 Å². The zero-order chi connectivity index (χ0) is 19.6.